The number of pyridine rings is 1. The van der Waals surface area contributed by atoms with Crippen molar-refractivity contribution in [3.63, 3.8) is 0 Å². The zero-order valence-electron chi connectivity index (χ0n) is 17.8. The van der Waals surface area contributed by atoms with Gasteiger partial charge < -0.3 is 15.3 Å². The van der Waals surface area contributed by atoms with Gasteiger partial charge in [0.25, 0.3) is 0 Å². The van der Waals surface area contributed by atoms with Crippen molar-refractivity contribution in [1.29, 1.82) is 0 Å². The molecule has 2 N–H and O–H groups in total. The van der Waals surface area contributed by atoms with Crippen LogP contribution in [0.1, 0.15) is 38.8 Å². The molecular weight excluding hydrogens is 391 g/mol. The van der Waals surface area contributed by atoms with Crippen LogP contribution in [0.15, 0.2) is 18.5 Å². The second-order valence-corrected chi connectivity index (χ2v) is 8.71. The van der Waals surface area contributed by atoms with Gasteiger partial charge in [-0.1, -0.05) is 26.0 Å². The lowest BCUT2D eigenvalue weighted by Crippen LogP contribution is -2.49. The van der Waals surface area contributed by atoms with Gasteiger partial charge in [0.2, 0.25) is 17.8 Å². The van der Waals surface area contributed by atoms with Gasteiger partial charge in [0.05, 0.1) is 17.9 Å². The molecule has 3 heterocycles. The Labute approximate surface area is 174 Å². The van der Waals surface area contributed by atoms with Crippen molar-refractivity contribution in [2.45, 2.75) is 52.3 Å². The molecule has 0 radical (unpaired) electrons. The number of carbonyl (C=O) groups is 2. The molecule has 30 heavy (non-hydrogen) atoms. The maximum atomic E-state index is 14.2. The summed E-state index contributed by atoms with van der Waals surface area (Å²) < 4.78 is 15.6. The molecule has 1 aliphatic heterocycles. The van der Waals surface area contributed by atoms with E-state index in [1.165, 1.54) is 29.0 Å². The van der Waals surface area contributed by atoms with E-state index >= 15 is 0 Å². The number of rotatable bonds is 4. The molecule has 3 rings (SSSR count). The molecule has 0 aliphatic carbocycles. The lowest BCUT2D eigenvalue weighted by atomic mass is 9.85. The number of aromatic nitrogens is 4. The van der Waals surface area contributed by atoms with Gasteiger partial charge in [-0.05, 0) is 24.0 Å². The molecule has 0 bridgehead atoms. The Bertz CT molecular complexity index is 954. The first-order valence-corrected chi connectivity index (χ1v) is 9.77. The summed E-state index contributed by atoms with van der Waals surface area (Å²) in [6, 6.07) is 0.0454. The second kappa shape index (κ2) is 8.10. The van der Waals surface area contributed by atoms with Gasteiger partial charge in [-0.3, -0.25) is 9.59 Å². The molecule has 10 heteroatoms. The summed E-state index contributed by atoms with van der Waals surface area (Å²) in [7, 11) is 1.49. The van der Waals surface area contributed by atoms with Gasteiger partial charge in [-0.25, -0.2) is 9.67 Å². The third kappa shape index (κ3) is 4.18. The standard InChI is InChI=1S/C20H27FN6O3/c1-11-6-13(17(21)23-8-11)14-10-27(25-24-14)16(20(2,3)4)19(30)26-9-12(28)7-15(26)18(29)22-5/h6,8,10,12,15-16,28H,7,9H2,1-5H3,(H,22,29)/t12?,15-,16?/m1/s1. The first-order valence-electron chi connectivity index (χ1n) is 9.77. The summed E-state index contributed by atoms with van der Waals surface area (Å²) in [5, 5.41) is 20.8. The maximum Gasteiger partial charge on any atom is 0.248 e. The van der Waals surface area contributed by atoms with Crippen LogP contribution in [0.4, 0.5) is 4.39 Å². The number of halogens is 1. The van der Waals surface area contributed by atoms with Gasteiger partial charge in [0, 0.05) is 26.2 Å². The van der Waals surface area contributed by atoms with Crippen LogP contribution < -0.4 is 5.32 Å². The number of amides is 2. The van der Waals surface area contributed by atoms with Gasteiger partial charge in [-0.15, -0.1) is 5.10 Å². The SMILES string of the molecule is CNC(=O)[C@H]1CC(O)CN1C(=O)C(n1cc(-c2cc(C)cnc2F)nn1)C(C)(C)C. The van der Waals surface area contributed by atoms with Crippen molar-refractivity contribution < 1.29 is 19.1 Å². The molecule has 1 saturated heterocycles. The summed E-state index contributed by atoms with van der Waals surface area (Å²) in [6.07, 6.45) is 2.32. The van der Waals surface area contributed by atoms with Crippen molar-refractivity contribution in [3.8, 4) is 11.3 Å². The fourth-order valence-corrected chi connectivity index (χ4v) is 3.77. The van der Waals surface area contributed by atoms with Crippen LogP contribution in [0.5, 0.6) is 0 Å². The third-order valence-electron chi connectivity index (χ3n) is 5.19. The van der Waals surface area contributed by atoms with Crippen molar-refractivity contribution in [2.24, 2.45) is 5.41 Å². The molecule has 2 amide bonds. The number of nitrogens with zero attached hydrogens (tertiary/aromatic N) is 5. The number of aliphatic hydroxyl groups is 1. The van der Waals surface area contributed by atoms with E-state index in [1.54, 1.807) is 13.0 Å². The molecule has 1 aliphatic rings. The summed E-state index contributed by atoms with van der Waals surface area (Å²) in [4.78, 5) is 30.8. The zero-order valence-corrected chi connectivity index (χ0v) is 17.8. The topological polar surface area (TPSA) is 113 Å². The summed E-state index contributed by atoms with van der Waals surface area (Å²) >= 11 is 0. The van der Waals surface area contributed by atoms with E-state index in [2.05, 4.69) is 20.6 Å². The molecule has 0 aromatic carbocycles. The van der Waals surface area contributed by atoms with Crippen LogP contribution in [-0.2, 0) is 9.59 Å². The highest BCUT2D eigenvalue weighted by Gasteiger charge is 2.45. The normalized spacial score (nSPS) is 20.3. The largest absolute Gasteiger partial charge is 0.391 e. The number of likely N-dealkylation sites (tertiary alicyclic amines) is 1. The highest BCUT2D eigenvalue weighted by atomic mass is 19.1. The van der Waals surface area contributed by atoms with E-state index in [4.69, 9.17) is 0 Å². The molecule has 162 valence electrons. The smallest absolute Gasteiger partial charge is 0.248 e. The van der Waals surface area contributed by atoms with E-state index in [-0.39, 0.29) is 36.0 Å². The quantitative estimate of drug-likeness (QED) is 0.719. The van der Waals surface area contributed by atoms with Gasteiger partial charge in [0.1, 0.15) is 17.8 Å². The monoisotopic (exact) mass is 418 g/mol. The van der Waals surface area contributed by atoms with E-state index in [0.29, 0.717) is 0 Å². The van der Waals surface area contributed by atoms with Crippen LogP contribution in [0.25, 0.3) is 11.3 Å². The Kier molecular flexibility index (Phi) is 5.89. The Hall–Kier alpha value is -2.88. The van der Waals surface area contributed by atoms with Crippen LogP contribution in [0, 0.1) is 18.3 Å². The van der Waals surface area contributed by atoms with E-state index in [0.717, 1.165) is 5.56 Å². The summed E-state index contributed by atoms with van der Waals surface area (Å²) in [5.74, 6) is -1.36. The summed E-state index contributed by atoms with van der Waals surface area (Å²) in [5.41, 5.74) is 0.631. The van der Waals surface area contributed by atoms with Crippen molar-refractivity contribution in [1.82, 2.24) is 30.2 Å². The van der Waals surface area contributed by atoms with Crippen molar-refractivity contribution in [3.05, 3.63) is 30.0 Å². The Morgan fingerprint density at radius 3 is 2.70 bits per heavy atom. The van der Waals surface area contributed by atoms with Crippen LogP contribution in [0.2, 0.25) is 0 Å². The molecule has 2 unspecified atom stereocenters. The number of β-amino-alcohol motifs (C(OH)–C–C–N with tert-alkyl or cyclic N) is 1. The Balaban J connectivity index is 1.98. The lowest BCUT2D eigenvalue weighted by Gasteiger charge is -2.34. The van der Waals surface area contributed by atoms with Crippen molar-refractivity contribution in [2.75, 3.05) is 13.6 Å². The van der Waals surface area contributed by atoms with Crippen LogP contribution in [-0.4, -0.2) is 67.5 Å². The molecule has 2 aromatic rings. The molecule has 9 nitrogen and oxygen atoms in total. The molecule has 0 spiro atoms. The minimum absolute atomic E-state index is 0.0570. The first kappa shape index (κ1) is 21.8. The highest BCUT2D eigenvalue weighted by Crippen LogP contribution is 2.35. The predicted molar refractivity (Wildman–Crippen MR) is 107 cm³/mol. The van der Waals surface area contributed by atoms with Crippen LogP contribution in [0.3, 0.4) is 0 Å². The minimum atomic E-state index is -0.808. The third-order valence-corrected chi connectivity index (χ3v) is 5.19. The number of aliphatic hydroxyl groups excluding tert-OH is 1. The number of nitrogens with one attached hydrogen (secondary N) is 1. The fourth-order valence-electron chi connectivity index (χ4n) is 3.77. The second-order valence-electron chi connectivity index (χ2n) is 8.71. The number of carbonyl (C=O) groups excluding carboxylic acids is 2. The molecule has 0 saturated carbocycles. The number of aryl methyl sites for hydroxylation is 1. The summed E-state index contributed by atoms with van der Waals surface area (Å²) in [6.45, 7) is 7.45. The molecular formula is C20H27FN6O3. The number of hydrogen-bond donors (Lipinski definition) is 2. The van der Waals surface area contributed by atoms with Crippen LogP contribution >= 0.6 is 0 Å². The lowest BCUT2D eigenvalue weighted by molar-refractivity contribution is -0.144. The minimum Gasteiger partial charge on any atom is -0.391 e. The maximum absolute atomic E-state index is 14.2. The molecule has 3 atom stereocenters. The van der Waals surface area contributed by atoms with Gasteiger partial charge >= 0.3 is 0 Å². The number of hydrogen-bond acceptors (Lipinski definition) is 6. The van der Waals surface area contributed by atoms with E-state index in [1.807, 2.05) is 20.8 Å². The van der Waals surface area contributed by atoms with Gasteiger partial charge in [-0.2, -0.15) is 4.39 Å². The Morgan fingerprint density at radius 1 is 1.37 bits per heavy atom. The zero-order chi connectivity index (χ0) is 22.2. The Morgan fingerprint density at radius 2 is 2.07 bits per heavy atom. The van der Waals surface area contributed by atoms with Gasteiger partial charge in [0.15, 0.2) is 0 Å². The van der Waals surface area contributed by atoms with Crippen molar-refractivity contribution >= 4 is 11.8 Å². The highest BCUT2D eigenvalue weighted by molar-refractivity contribution is 5.90. The average Bonchev–Trinajstić information content (AvgIpc) is 3.29. The molecule has 2 aromatic heterocycles. The first-order chi connectivity index (χ1) is 14.0. The van der Waals surface area contributed by atoms with E-state index in [9.17, 15) is 19.1 Å². The average molecular weight is 418 g/mol. The number of likely N-dealkylation sites (N-methyl/N-ethyl adjacent to an activating group) is 1. The van der Waals surface area contributed by atoms with E-state index < -0.39 is 29.6 Å². The fraction of sp³-hybridized carbons (Fsp3) is 0.550. The molecule has 1 fully saturated rings. The predicted octanol–water partition coefficient (Wildman–Crippen LogP) is 1.08.